The van der Waals surface area contributed by atoms with Crippen LogP contribution in [-0.4, -0.2) is 59.3 Å². The zero-order valence-corrected chi connectivity index (χ0v) is 13.9. The van der Waals surface area contributed by atoms with Gasteiger partial charge in [-0.1, -0.05) is 5.16 Å². The summed E-state index contributed by atoms with van der Waals surface area (Å²) in [6.07, 6.45) is 1.40. The molecule has 9 nitrogen and oxygen atoms in total. The number of β-lactam (4-membered cyclic amide) rings is 1. The summed E-state index contributed by atoms with van der Waals surface area (Å²) in [7, 11) is 1.31. The van der Waals surface area contributed by atoms with E-state index in [9.17, 15) is 14.4 Å². The maximum atomic E-state index is 12.5. The Morgan fingerprint density at radius 2 is 2.32 bits per heavy atom. The second kappa shape index (κ2) is 5.96. The van der Waals surface area contributed by atoms with Gasteiger partial charge >= 0.3 is 5.97 Å². The second-order valence-electron chi connectivity index (χ2n) is 5.49. The van der Waals surface area contributed by atoms with Gasteiger partial charge in [-0.15, -0.1) is 11.8 Å². The van der Waals surface area contributed by atoms with Gasteiger partial charge < -0.3 is 19.3 Å². The van der Waals surface area contributed by atoms with Crippen LogP contribution in [0, 0.1) is 0 Å². The summed E-state index contributed by atoms with van der Waals surface area (Å²) in [6.45, 7) is 0.220. The number of esters is 1. The molecule has 0 bridgehead atoms. The molecule has 0 spiro atoms. The lowest BCUT2D eigenvalue weighted by atomic mass is 10.0. The lowest BCUT2D eigenvalue weighted by Crippen LogP contribution is -2.70. The van der Waals surface area contributed by atoms with E-state index < -0.39 is 17.9 Å². The minimum Gasteiger partial charge on any atom is -0.462 e. The standard InChI is InChI=1S/C15H13N3O6S/c1-22-17-9(8-3-2-4-23-8)12(19)16-10-13(20)18-11-7(5-24-15(11)21)6-25-14(10)18/h2-4,10,14H,5-6H2,1H3,(H,16,19). The van der Waals surface area contributed by atoms with Crippen molar-refractivity contribution in [3.8, 4) is 0 Å². The Labute approximate surface area is 146 Å². The number of nitrogens with one attached hydrogen (secondary N) is 1. The van der Waals surface area contributed by atoms with Crippen LogP contribution in [0.25, 0.3) is 0 Å². The van der Waals surface area contributed by atoms with Gasteiger partial charge in [-0.2, -0.15) is 0 Å². The third-order valence-corrected chi connectivity index (χ3v) is 5.40. The molecule has 1 saturated heterocycles. The SMILES string of the molecule is CON=C(C(=O)NC1C(=O)N2C3=C(COC3=O)CSC12)c1ccco1. The highest BCUT2D eigenvalue weighted by molar-refractivity contribution is 8.00. The molecule has 3 aliphatic rings. The molecule has 25 heavy (non-hydrogen) atoms. The average molecular weight is 363 g/mol. The third-order valence-electron chi connectivity index (χ3n) is 4.06. The number of ether oxygens (including phenoxy) is 1. The summed E-state index contributed by atoms with van der Waals surface area (Å²) in [6, 6.07) is 2.42. The van der Waals surface area contributed by atoms with Gasteiger partial charge in [0.25, 0.3) is 11.8 Å². The van der Waals surface area contributed by atoms with Gasteiger partial charge in [0, 0.05) is 11.3 Å². The number of furan rings is 1. The van der Waals surface area contributed by atoms with Crippen LogP contribution in [0.1, 0.15) is 5.76 Å². The molecule has 2 unspecified atom stereocenters. The first kappa shape index (κ1) is 15.8. The number of thioether (sulfide) groups is 1. The van der Waals surface area contributed by atoms with Crippen molar-refractivity contribution in [2.75, 3.05) is 19.5 Å². The van der Waals surface area contributed by atoms with Crippen molar-refractivity contribution in [2.45, 2.75) is 11.4 Å². The highest BCUT2D eigenvalue weighted by Crippen LogP contribution is 2.42. The number of nitrogens with zero attached hydrogens (tertiary/aromatic N) is 2. The van der Waals surface area contributed by atoms with E-state index in [1.807, 2.05) is 0 Å². The minimum atomic E-state index is -0.753. The number of cyclic esters (lactones) is 1. The number of amides is 2. The number of hydrogen-bond donors (Lipinski definition) is 1. The fourth-order valence-electron chi connectivity index (χ4n) is 2.92. The van der Waals surface area contributed by atoms with Gasteiger partial charge in [-0.05, 0) is 12.1 Å². The number of rotatable bonds is 4. The Balaban J connectivity index is 1.51. The van der Waals surface area contributed by atoms with Gasteiger partial charge in [0.05, 0.1) is 6.26 Å². The normalized spacial score (nSPS) is 25.2. The average Bonchev–Trinajstić information content (AvgIpc) is 3.26. The Morgan fingerprint density at radius 1 is 1.48 bits per heavy atom. The van der Waals surface area contributed by atoms with Crippen molar-refractivity contribution < 1.29 is 28.4 Å². The Kier molecular flexibility index (Phi) is 3.75. The van der Waals surface area contributed by atoms with Crippen molar-refractivity contribution in [1.82, 2.24) is 10.2 Å². The molecule has 0 aromatic carbocycles. The second-order valence-corrected chi connectivity index (χ2v) is 6.59. The van der Waals surface area contributed by atoms with Crippen LogP contribution in [0.5, 0.6) is 0 Å². The molecule has 1 N–H and O–H groups in total. The number of oxime groups is 1. The van der Waals surface area contributed by atoms with Crippen LogP contribution in [0.15, 0.2) is 39.2 Å². The summed E-state index contributed by atoms with van der Waals surface area (Å²) < 4.78 is 10.1. The molecule has 130 valence electrons. The molecule has 4 heterocycles. The first-order valence-corrected chi connectivity index (χ1v) is 8.46. The molecule has 0 saturated carbocycles. The maximum absolute atomic E-state index is 12.5. The van der Waals surface area contributed by atoms with E-state index in [0.717, 1.165) is 5.57 Å². The maximum Gasteiger partial charge on any atom is 0.355 e. The summed E-state index contributed by atoms with van der Waals surface area (Å²) >= 11 is 1.47. The molecular weight excluding hydrogens is 350 g/mol. The summed E-state index contributed by atoms with van der Waals surface area (Å²) in [5.74, 6) is -0.629. The molecule has 3 aliphatic heterocycles. The highest BCUT2D eigenvalue weighted by Gasteiger charge is 2.55. The van der Waals surface area contributed by atoms with Crippen molar-refractivity contribution in [2.24, 2.45) is 5.16 Å². The third kappa shape index (κ3) is 2.40. The molecule has 2 atom stereocenters. The number of carbonyl (C=O) groups excluding carboxylic acids is 3. The molecule has 2 amide bonds. The fourth-order valence-corrected chi connectivity index (χ4v) is 4.24. The topological polar surface area (TPSA) is 110 Å². The molecule has 1 aromatic rings. The Hall–Kier alpha value is -2.75. The fraction of sp³-hybridized carbons (Fsp3) is 0.333. The van der Waals surface area contributed by atoms with Crippen LogP contribution in [0.2, 0.25) is 0 Å². The van der Waals surface area contributed by atoms with Crippen LogP contribution < -0.4 is 5.32 Å². The van der Waals surface area contributed by atoms with Gasteiger partial charge in [0.15, 0.2) is 5.76 Å². The highest BCUT2D eigenvalue weighted by atomic mass is 32.2. The van der Waals surface area contributed by atoms with Crippen LogP contribution in [-0.2, 0) is 24.0 Å². The Morgan fingerprint density at radius 3 is 3.04 bits per heavy atom. The number of carbonyl (C=O) groups is 3. The van der Waals surface area contributed by atoms with Crippen LogP contribution in [0.4, 0.5) is 0 Å². The van der Waals surface area contributed by atoms with Crippen LogP contribution in [0.3, 0.4) is 0 Å². The van der Waals surface area contributed by atoms with Gasteiger partial charge in [-0.3, -0.25) is 14.5 Å². The summed E-state index contributed by atoms with van der Waals surface area (Å²) in [5.41, 5.74) is 1.05. The predicted octanol–water partition coefficient (Wildman–Crippen LogP) is -0.159. The molecule has 1 fully saturated rings. The van der Waals surface area contributed by atoms with Gasteiger partial charge in [0.1, 0.15) is 30.8 Å². The van der Waals surface area contributed by atoms with E-state index in [1.54, 1.807) is 12.1 Å². The molecule has 0 aliphatic carbocycles. The lowest BCUT2D eigenvalue weighted by Gasteiger charge is -2.48. The van der Waals surface area contributed by atoms with E-state index >= 15 is 0 Å². The Bertz CT molecular complexity index is 815. The smallest absolute Gasteiger partial charge is 0.355 e. The van der Waals surface area contributed by atoms with E-state index in [4.69, 9.17) is 9.15 Å². The van der Waals surface area contributed by atoms with Gasteiger partial charge in [0.2, 0.25) is 5.71 Å². The largest absolute Gasteiger partial charge is 0.462 e. The first-order chi connectivity index (χ1) is 12.1. The molecule has 10 heteroatoms. The quantitative estimate of drug-likeness (QED) is 0.342. The molecule has 4 rings (SSSR count). The van der Waals surface area contributed by atoms with Crippen molar-refractivity contribution in [3.05, 3.63) is 35.4 Å². The van der Waals surface area contributed by atoms with E-state index in [-0.39, 0.29) is 29.4 Å². The zero-order valence-electron chi connectivity index (χ0n) is 13.1. The lowest BCUT2D eigenvalue weighted by molar-refractivity contribution is -0.150. The van der Waals surface area contributed by atoms with E-state index in [1.165, 1.54) is 30.0 Å². The first-order valence-electron chi connectivity index (χ1n) is 7.41. The predicted molar refractivity (Wildman–Crippen MR) is 85.3 cm³/mol. The molecule has 1 aromatic heterocycles. The summed E-state index contributed by atoms with van der Waals surface area (Å²) in [5, 5.41) is 5.96. The minimum absolute atomic E-state index is 0.0697. The molecular formula is C15H13N3O6S. The van der Waals surface area contributed by atoms with Crippen molar-refractivity contribution >= 4 is 35.3 Å². The van der Waals surface area contributed by atoms with E-state index in [2.05, 4.69) is 15.3 Å². The number of fused-ring (bicyclic) bond motifs is 2. The summed E-state index contributed by atoms with van der Waals surface area (Å²) in [4.78, 5) is 42.8. The van der Waals surface area contributed by atoms with Crippen molar-refractivity contribution in [1.29, 1.82) is 0 Å². The van der Waals surface area contributed by atoms with Gasteiger partial charge in [-0.25, -0.2) is 4.79 Å². The number of hydrogen-bond acceptors (Lipinski definition) is 8. The van der Waals surface area contributed by atoms with E-state index in [0.29, 0.717) is 11.4 Å². The van der Waals surface area contributed by atoms with Crippen LogP contribution >= 0.6 is 11.8 Å². The zero-order chi connectivity index (χ0) is 17.6. The van der Waals surface area contributed by atoms with Crippen molar-refractivity contribution in [3.63, 3.8) is 0 Å². The molecule has 0 radical (unpaired) electrons. The monoisotopic (exact) mass is 363 g/mol.